The molecule has 216 valence electrons. The predicted molar refractivity (Wildman–Crippen MR) is 87.9 cm³/mol. The standard InChI is InChI=1S/C17H8F17N3O/c1-38-8-4-2-7(3-5-8)9-6-37(36-35-9)17(33,34)15(28,29)13(24,25)11(20,21)10(18,19)12(22,23)14(26,27)16(30,31)32/h2-6H,1H3. The number of aromatic nitrogens is 3. The molecule has 0 N–H and O–H groups in total. The molecule has 0 bridgehead atoms. The molecule has 0 aliphatic heterocycles. The quantitative estimate of drug-likeness (QED) is 0.298. The molecule has 0 aliphatic rings. The summed E-state index contributed by atoms with van der Waals surface area (Å²) >= 11 is 0. The number of hydrogen-bond donors (Lipinski definition) is 0. The Balaban J connectivity index is 2.58. The number of nitrogens with zero attached hydrogens (tertiary/aromatic N) is 3. The highest BCUT2D eigenvalue weighted by atomic mass is 19.4. The molecule has 0 atom stereocenters. The molecule has 0 unspecified atom stereocenters. The van der Waals surface area contributed by atoms with E-state index >= 15 is 0 Å². The zero-order valence-corrected chi connectivity index (χ0v) is 17.6. The monoisotopic (exact) mass is 593 g/mol. The maximum Gasteiger partial charge on any atom is 0.460 e. The van der Waals surface area contributed by atoms with Crippen molar-refractivity contribution in [2.24, 2.45) is 0 Å². The largest absolute Gasteiger partial charge is 0.497 e. The van der Waals surface area contributed by atoms with Gasteiger partial charge in [-0.05, 0) is 24.3 Å². The smallest absolute Gasteiger partial charge is 0.460 e. The average Bonchev–Trinajstić information content (AvgIpc) is 3.28. The van der Waals surface area contributed by atoms with Gasteiger partial charge in [-0.1, -0.05) is 5.21 Å². The molecule has 0 fully saturated rings. The van der Waals surface area contributed by atoms with E-state index in [2.05, 4.69) is 10.3 Å². The van der Waals surface area contributed by atoms with Crippen LogP contribution in [0.5, 0.6) is 5.75 Å². The van der Waals surface area contributed by atoms with Gasteiger partial charge in [0.1, 0.15) is 11.4 Å². The van der Waals surface area contributed by atoms with E-state index in [1.807, 2.05) is 0 Å². The van der Waals surface area contributed by atoms with Crippen molar-refractivity contribution >= 4 is 0 Å². The van der Waals surface area contributed by atoms with E-state index in [1.165, 1.54) is 7.11 Å². The molecule has 1 aromatic heterocycles. The highest BCUT2D eigenvalue weighted by Crippen LogP contribution is 2.64. The zero-order valence-electron chi connectivity index (χ0n) is 17.6. The lowest BCUT2D eigenvalue weighted by Gasteiger charge is -2.42. The van der Waals surface area contributed by atoms with Gasteiger partial charge < -0.3 is 4.74 Å². The van der Waals surface area contributed by atoms with Crippen LogP contribution in [0, 0.1) is 0 Å². The first-order chi connectivity index (χ1) is 16.8. The molecule has 2 rings (SSSR count). The lowest BCUT2D eigenvalue weighted by molar-refractivity contribution is -0.467. The number of rotatable bonds is 9. The summed E-state index contributed by atoms with van der Waals surface area (Å²) in [7, 11) is 1.17. The molecule has 21 heteroatoms. The summed E-state index contributed by atoms with van der Waals surface area (Å²) < 4.78 is 230. The van der Waals surface area contributed by atoms with Crippen LogP contribution in [0.4, 0.5) is 74.6 Å². The molecule has 0 saturated heterocycles. The minimum absolute atomic E-state index is 0.133. The summed E-state index contributed by atoms with van der Waals surface area (Å²) in [5.74, 6) is -50.3. The van der Waals surface area contributed by atoms with E-state index in [1.54, 1.807) is 0 Å². The third kappa shape index (κ3) is 4.07. The van der Waals surface area contributed by atoms with Gasteiger partial charge in [0.25, 0.3) is 0 Å². The van der Waals surface area contributed by atoms with Crippen molar-refractivity contribution in [3.63, 3.8) is 0 Å². The highest BCUT2D eigenvalue weighted by Gasteiger charge is 2.95. The van der Waals surface area contributed by atoms with Gasteiger partial charge in [-0.15, -0.1) is 5.10 Å². The Morgan fingerprint density at radius 1 is 0.579 bits per heavy atom. The molecule has 0 spiro atoms. The van der Waals surface area contributed by atoms with E-state index in [0.717, 1.165) is 24.3 Å². The van der Waals surface area contributed by atoms with E-state index < -0.39 is 58.1 Å². The number of benzene rings is 1. The Morgan fingerprint density at radius 3 is 1.37 bits per heavy atom. The summed E-state index contributed by atoms with van der Waals surface area (Å²) in [6, 6.07) is -2.62. The van der Waals surface area contributed by atoms with Crippen LogP contribution in [-0.4, -0.2) is 63.8 Å². The minimum atomic E-state index is -8.70. The van der Waals surface area contributed by atoms with Crippen LogP contribution in [0.1, 0.15) is 0 Å². The molecule has 1 heterocycles. The second kappa shape index (κ2) is 8.75. The van der Waals surface area contributed by atoms with Gasteiger partial charge in [0.15, 0.2) is 0 Å². The molecule has 38 heavy (non-hydrogen) atoms. The van der Waals surface area contributed by atoms with Crippen LogP contribution >= 0.6 is 0 Å². The molecule has 0 amide bonds. The summed E-state index contributed by atoms with van der Waals surface area (Å²) in [6.45, 7) is 0. The Morgan fingerprint density at radius 2 is 0.974 bits per heavy atom. The van der Waals surface area contributed by atoms with Gasteiger partial charge in [0.2, 0.25) is 0 Å². The Bertz CT molecular complexity index is 1140. The molecule has 2 aromatic rings. The van der Waals surface area contributed by atoms with Crippen LogP contribution in [0.3, 0.4) is 0 Å². The van der Waals surface area contributed by atoms with Crippen LogP contribution in [-0.2, 0) is 6.05 Å². The number of halogens is 17. The zero-order chi connectivity index (χ0) is 30.0. The highest BCUT2D eigenvalue weighted by molar-refractivity contribution is 5.58. The van der Waals surface area contributed by atoms with Crippen molar-refractivity contribution < 1.29 is 79.4 Å². The molecule has 0 aliphatic carbocycles. The number of methoxy groups -OCH3 is 1. The maximum atomic E-state index is 14.2. The van der Waals surface area contributed by atoms with Crippen molar-refractivity contribution in [2.75, 3.05) is 7.11 Å². The SMILES string of the molecule is COc1ccc(-c2cn(C(F)(F)C(F)(F)C(F)(F)C(F)(F)C(F)(F)C(F)(F)C(F)(F)C(F)(F)F)nn2)cc1. The van der Waals surface area contributed by atoms with Gasteiger partial charge in [-0.2, -0.15) is 79.3 Å². The van der Waals surface area contributed by atoms with E-state index in [0.29, 0.717) is 0 Å². The van der Waals surface area contributed by atoms with Crippen molar-refractivity contribution in [2.45, 2.75) is 47.8 Å². The Kier molecular flexibility index (Phi) is 7.18. The van der Waals surface area contributed by atoms with Crippen LogP contribution < -0.4 is 4.74 Å². The fourth-order valence-electron chi connectivity index (χ4n) is 2.59. The van der Waals surface area contributed by atoms with Gasteiger partial charge in [0.05, 0.1) is 13.3 Å². The summed E-state index contributed by atoms with van der Waals surface area (Å²) in [5, 5.41) is 5.12. The Labute approximate surface area is 197 Å². The van der Waals surface area contributed by atoms with E-state index in [9.17, 15) is 74.6 Å². The lowest BCUT2D eigenvalue weighted by Crippen LogP contribution is -2.74. The lowest BCUT2D eigenvalue weighted by atomic mass is 9.90. The fourth-order valence-corrected chi connectivity index (χ4v) is 2.59. The summed E-state index contributed by atoms with van der Waals surface area (Å²) in [5.41, 5.74) is -1.14. The molecule has 0 saturated carbocycles. The normalized spacial score (nSPS) is 15.1. The first kappa shape index (κ1) is 31.2. The van der Waals surface area contributed by atoms with Gasteiger partial charge in [-0.3, -0.25) is 0 Å². The number of hydrogen-bond acceptors (Lipinski definition) is 3. The third-order valence-electron chi connectivity index (χ3n) is 4.87. The maximum absolute atomic E-state index is 14.2. The fraction of sp³-hybridized carbons (Fsp3) is 0.529. The summed E-state index contributed by atoms with van der Waals surface area (Å²) in [6.07, 6.45) is -8.12. The molecule has 1 aromatic carbocycles. The minimum Gasteiger partial charge on any atom is -0.497 e. The first-order valence-corrected chi connectivity index (χ1v) is 9.04. The Hall–Kier alpha value is -3.03. The topological polar surface area (TPSA) is 39.9 Å². The van der Waals surface area contributed by atoms with E-state index in [-0.39, 0.29) is 17.5 Å². The van der Waals surface area contributed by atoms with Crippen LogP contribution in [0.2, 0.25) is 0 Å². The van der Waals surface area contributed by atoms with Gasteiger partial charge >= 0.3 is 47.8 Å². The summed E-state index contributed by atoms with van der Waals surface area (Å²) in [4.78, 5) is 0. The van der Waals surface area contributed by atoms with Gasteiger partial charge in [-0.25, -0.2) is 0 Å². The predicted octanol–water partition coefficient (Wildman–Crippen LogP) is 6.88. The second-order valence-corrected chi connectivity index (χ2v) is 7.26. The molecule has 4 nitrogen and oxygen atoms in total. The van der Waals surface area contributed by atoms with Gasteiger partial charge in [0, 0.05) is 5.56 Å². The second-order valence-electron chi connectivity index (χ2n) is 7.26. The average molecular weight is 593 g/mol. The van der Waals surface area contributed by atoms with Crippen molar-refractivity contribution in [3.05, 3.63) is 30.5 Å². The van der Waals surface area contributed by atoms with Crippen molar-refractivity contribution in [1.82, 2.24) is 15.0 Å². The van der Waals surface area contributed by atoms with Crippen molar-refractivity contribution in [1.29, 1.82) is 0 Å². The van der Waals surface area contributed by atoms with Crippen LogP contribution in [0.25, 0.3) is 11.3 Å². The molecular weight excluding hydrogens is 585 g/mol. The van der Waals surface area contributed by atoms with Crippen molar-refractivity contribution in [3.8, 4) is 17.0 Å². The van der Waals surface area contributed by atoms with E-state index in [4.69, 9.17) is 4.74 Å². The molecular formula is C17H8F17N3O. The van der Waals surface area contributed by atoms with Crippen LogP contribution in [0.15, 0.2) is 30.5 Å². The third-order valence-corrected chi connectivity index (χ3v) is 4.87. The molecule has 0 radical (unpaired) electrons. The number of ether oxygens (including phenoxy) is 1. The number of alkyl halides is 17. The first-order valence-electron chi connectivity index (χ1n) is 9.04.